The van der Waals surface area contributed by atoms with E-state index in [2.05, 4.69) is 29.9 Å². The highest BCUT2D eigenvalue weighted by molar-refractivity contribution is 8.06. The summed E-state index contributed by atoms with van der Waals surface area (Å²) in [5, 5.41) is 62.7. The molecule has 12 unspecified atom stereocenters. The number of ether oxygens (including phenoxy) is 2. The molecule has 286 valence electrons. The minimum Gasteiger partial charge on any atom is -0.780 e. The molecule has 12 atom stereocenters. The van der Waals surface area contributed by atoms with Gasteiger partial charge in [0.2, 0.25) is 0 Å². The number of nitrogen functional groups attached to an aromatic ring is 2. The van der Waals surface area contributed by atoms with Gasteiger partial charge in [-0.25, -0.2) is 29.9 Å². The van der Waals surface area contributed by atoms with Crippen LogP contribution >= 0.6 is 13.4 Å². The molecule has 2 saturated heterocycles. The Bertz CT molecular complexity index is 1840. The van der Waals surface area contributed by atoms with Gasteiger partial charge in [-0.1, -0.05) is 23.6 Å². The van der Waals surface area contributed by atoms with E-state index >= 15 is 0 Å². The van der Waals surface area contributed by atoms with Crippen molar-refractivity contribution < 1.29 is 68.0 Å². The van der Waals surface area contributed by atoms with E-state index in [1.165, 1.54) is 34.4 Å². The van der Waals surface area contributed by atoms with E-state index < -0.39 is 101 Å². The Morgan fingerprint density at radius 1 is 0.673 bits per heavy atom. The number of hydrogen-bond acceptors (Lipinski definition) is 24. The molecule has 4 aromatic heterocycles. The molecule has 0 aromatic carbocycles. The summed E-state index contributed by atoms with van der Waals surface area (Å²) in [7, 11) is 0. The van der Waals surface area contributed by atoms with Crippen molar-refractivity contribution in [3.05, 3.63) is 25.3 Å². The monoisotopic (exact) mass is 810 g/mol. The third-order valence-electron chi connectivity index (χ3n) is 8.04. The number of aliphatic hydroxyl groups is 6. The zero-order valence-corrected chi connectivity index (χ0v) is 29.7. The van der Waals surface area contributed by atoms with Crippen LogP contribution in [0.3, 0.4) is 0 Å². The van der Waals surface area contributed by atoms with Gasteiger partial charge in [0, 0.05) is 0 Å². The summed E-state index contributed by atoms with van der Waals surface area (Å²) in [6, 6.07) is 0. The van der Waals surface area contributed by atoms with Gasteiger partial charge in [0.25, 0.3) is 0 Å². The summed E-state index contributed by atoms with van der Waals surface area (Å²) in [6.07, 6.45) is -9.60. The molecule has 24 nitrogen and oxygen atoms in total. The lowest BCUT2D eigenvalue weighted by Gasteiger charge is -2.32. The fraction of sp³-hybridized carbons (Fsp3) is 0.583. The SMILES string of the molecule is Nc1ncnc2c1ncn2C1OC(COP([O-])(=S)OCC(O)C(O)COP([O-])(=S)OCC2OC(n3cnc4c(N)ncnc43)C(O)C2O)C(O)C1O. The first-order valence-corrected chi connectivity index (χ1v) is 20.1. The van der Waals surface area contributed by atoms with E-state index in [1.807, 2.05) is 0 Å². The van der Waals surface area contributed by atoms with Crippen LogP contribution < -0.4 is 21.3 Å². The van der Waals surface area contributed by atoms with E-state index in [4.69, 9.17) is 62.6 Å². The average molecular weight is 811 g/mol. The summed E-state index contributed by atoms with van der Waals surface area (Å²) in [4.78, 5) is 49.4. The van der Waals surface area contributed by atoms with Crippen LogP contribution in [0.4, 0.5) is 11.6 Å². The van der Waals surface area contributed by atoms with E-state index in [-0.39, 0.29) is 34.0 Å². The van der Waals surface area contributed by atoms with Gasteiger partial charge in [-0.2, -0.15) is 0 Å². The van der Waals surface area contributed by atoms with Crippen molar-refractivity contribution >= 4 is 71.0 Å². The third kappa shape index (κ3) is 8.24. The highest BCUT2D eigenvalue weighted by Crippen LogP contribution is 2.43. The van der Waals surface area contributed by atoms with Crippen LogP contribution in [-0.4, -0.2) is 145 Å². The van der Waals surface area contributed by atoms with Gasteiger partial charge in [-0.3, -0.25) is 9.13 Å². The number of imidazole rings is 2. The number of rotatable bonds is 15. The van der Waals surface area contributed by atoms with Crippen LogP contribution in [0.5, 0.6) is 0 Å². The lowest BCUT2D eigenvalue weighted by atomic mass is 10.1. The van der Waals surface area contributed by atoms with Crippen molar-refractivity contribution in [2.45, 2.75) is 61.3 Å². The molecule has 0 bridgehead atoms. The predicted octanol–water partition coefficient (Wildman–Crippen LogP) is -4.97. The summed E-state index contributed by atoms with van der Waals surface area (Å²) >= 11 is 9.65. The van der Waals surface area contributed by atoms with Gasteiger partial charge in [0.05, 0.1) is 39.1 Å². The molecule has 0 amide bonds. The van der Waals surface area contributed by atoms with Crippen LogP contribution in [0.2, 0.25) is 0 Å². The molecule has 0 aliphatic carbocycles. The quantitative estimate of drug-likeness (QED) is 0.0521. The minimum atomic E-state index is -4.37. The topological polar surface area (TPSA) is 362 Å². The molecular weight excluding hydrogens is 778 g/mol. The highest BCUT2D eigenvalue weighted by atomic mass is 32.5. The molecule has 10 N–H and O–H groups in total. The van der Waals surface area contributed by atoms with Gasteiger partial charge in [0.15, 0.2) is 35.4 Å². The Morgan fingerprint density at radius 3 is 1.44 bits per heavy atom. The lowest BCUT2D eigenvalue weighted by Crippen LogP contribution is -2.36. The maximum Gasteiger partial charge on any atom is 0.167 e. The molecule has 2 aliphatic rings. The lowest BCUT2D eigenvalue weighted by molar-refractivity contribution is -0.217. The number of nitrogens with zero attached hydrogens (tertiary/aromatic N) is 8. The number of hydrogen-bond donors (Lipinski definition) is 8. The molecule has 2 aliphatic heterocycles. The third-order valence-corrected chi connectivity index (χ3v) is 11.2. The van der Waals surface area contributed by atoms with Gasteiger partial charge in [0.1, 0.15) is 86.0 Å². The van der Waals surface area contributed by atoms with Crippen molar-refractivity contribution in [3.8, 4) is 0 Å². The Labute approximate surface area is 302 Å². The van der Waals surface area contributed by atoms with Crippen LogP contribution in [-0.2, 0) is 51.2 Å². The summed E-state index contributed by atoms with van der Waals surface area (Å²) in [6.45, 7) is -11.7. The van der Waals surface area contributed by atoms with Crippen molar-refractivity contribution in [3.63, 3.8) is 0 Å². The summed E-state index contributed by atoms with van der Waals surface area (Å²) in [5.74, 6) is 0.169. The fourth-order valence-electron chi connectivity index (χ4n) is 5.27. The molecule has 0 saturated carbocycles. The first-order chi connectivity index (χ1) is 24.6. The van der Waals surface area contributed by atoms with Gasteiger partial charge < -0.3 is 79.5 Å². The number of aliphatic hydroxyl groups excluding tert-OH is 6. The van der Waals surface area contributed by atoms with E-state index in [0.717, 1.165) is 0 Å². The van der Waals surface area contributed by atoms with E-state index in [0.29, 0.717) is 0 Å². The normalized spacial score (nSPS) is 30.1. The highest BCUT2D eigenvalue weighted by Gasteiger charge is 2.46. The Balaban J connectivity index is 0.936. The second-order valence-electron chi connectivity index (χ2n) is 11.5. The number of anilines is 2. The molecule has 0 spiro atoms. The second-order valence-corrected chi connectivity index (χ2v) is 17.0. The molecule has 2 fully saturated rings. The van der Waals surface area contributed by atoms with Crippen LogP contribution in [0.25, 0.3) is 22.3 Å². The van der Waals surface area contributed by atoms with Gasteiger partial charge >= 0.3 is 0 Å². The van der Waals surface area contributed by atoms with Crippen LogP contribution in [0.15, 0.2) is 25.3 Å². The molecule has 6 rings (SSSR count). The Kier molecular flexibility index (Phi) is 11.8. The Morgan fingerprint density at radius 2 is 1.06 bits per heavy atom. The minimum absolute atomic E-state index is 0.0846. The van der Waals surface area contributed by atoms with Crippen molar-refractivity contribution in [1.29, 1.82) is 0 Å². The molecule has 52 heavy (non-hydrogen) atoms. The zero-order chi connectivity index (χ0) is 37.5. The number of nitrogens with two attached hydrogens (primary N) is 2. The van der Waals surface area contributed by atoms with E-state index in [1.54, 1.807) is 0 Å². The van der Waals surface area contributed by atoms with Crippen molar-refractivity contribution in [2.24, 2.45) is 0 Å². The molecular formula is C24H32N10O14P2S2-2. The molecule has 28 heteroatoms. The first-order valence-electron chi connectivity index (χ1n) is 15.0. The summed E-state index contributed by atoms with van der Waals surface area (Å²) in [5.41, 5.74) is 12.5. The van der Waals surface area contributed by atoms with Crippen molar-refractivity contribution in [1.82, 2.24) is 39.0 Å². The number of aromatic nitrogens is 8. The maximum absolute atomic E-state index is 12.7. The van der Waals surface area contributed by atoms with Crippen LogP contribution in [0.1, 0.15) is 12.5 Å². The smallest absolute Gasteiger partial charge is 0.167 e. The Hall–Kier alpha value is -2.56. The van der Waals surface area contributed by atoms with Gasteiger partial charge in [-0.15, -0.1) is 0 Å². The zero-order valence-electron chi connectivity index (χ0n) is 26.3. The first kappa shape index (κ1) is 39.1. The summed E-state index contributed by atoms with van der Waals surface area (Å²) < 4.78 is 34.2. The van der Waals surface area contributed by atoms with Gasteiger partial charge in [-0.05, 0) is 0 Å². The average Bonchev–Trinajstić information content (AvgIpc) is 3.87. The van der Waals surface area contributed by atoms with Crippen LogP contribution in [0, 0.1) is 0 Å². The molecule has 6 heterocycles. The molecule has 4 aromatic rings. The van der Waals surface area contributed by atoms with E-state index in [9.17, 15) is 40.4 Å². The second kappa shape index (κ2) is 15.7. The molecule has 0 radical (unpaired) electrons. The number of fused-ring (bicyclic) bond motifs is 2. The predicted molar refractivity (Wildman–Crippen MR) is 176 cm³/mol. The van der Waals surface area contributed by atoms with Crippen molar-refractivity contribution in [2.75, 3.05) is 37.9 Å². The largest absolute Gasteiger partial charge is 0.780 e. The standard InChI is InChI=1S/C24H34N10O14P2S2/c25-19-13-21(29-5-27-19)33(7-31-13)23-17(39)15(37)11(47-23)3-45-49(41,51)43-1-9(35)10(36)2-44-50(42,52)46-4-12-16(38)18(40)24(48-12)34-8-32-14-20(26)28-6-30-22(14)34/h5-12,15-18,23-24,35-40H,1-4H2,(H,41,51)(H,42,52)(H2,25,27,29)(H2,26,28,30)/p-2. The maximum atomic E-state index is 12.7. The fourth-order valence-corrected chi connectivity index (χ4v) is 7.48.